The predicted molar refractivity (Wildman–Crippen MR) is 84.4 cm³/mol. The van der Waals surface area contributed by atoms with Crippen molar-refractivity contribution in [1.29, 1.82) is 0 Å². The first-order valence-corrected chi connectivity index (χ1v) is 7.00. The third-order valence-corrected chi connectivity index (χ3v) is 3.81. The molecule has 4 nitrogen and oxygen atoms in total. The van der Waals surface area contributed by atoms with Crippen LogP contribution in [0.1, 0.15) is 25.8 Å². The van der Waals surface area contributed by atoms with Gasteiger partial charge in [-0.15, -0.1) is 0 Å². The van der Waals surface area contributed by atoms with Gasteiger partial charge in [-0.2, -0.15) is 0 Å². The number of benzene rings is 1. The molecule has 1 aromatic rings. The normalized spacial score (nSPS) is 13.7. The lowest BCUT2D eigenvalue weighted by Gasteiger charge is -2.25. The summed E-state index contributed by atoms with van der Waals surface area (Å²) in [7, 11) is 1.51. The van der Waals surface area contributed by atoms with Gasteiger partial charge in [0.2, 0.25) is 0 Å². The summed E-state index contributed by atoms with van der Waals surface area (Å²) in [5.74, 6) is -0.225. The van der Waals surface area contributed by atoms with E-state index in [0.29, 0.717) is 17.7 Å². The van der Waals surface area contributed by atoms with Crippen LogP contribution in [0.5, 0.6) is 0 Å². The maximum atomic E-state index is 12.2. The van der Waals surface area contributed by atoms with Gasteiger partial charge in [0, 0.05) is 17.1 Å². The number of amides is 1. The molecule has 0 aliphatic carbocycles. The minimum absolute atomic E-state index is 0.225. The standard InChI is InChI=1S/C13H17BrN2O2S/c1-4-13(2,18-3)12(17)16-10-6-5-8(14)7-9(10)11(15)19/h5-7H,4H2,1-3H3,(H2,15,19)(H,16,17). The predicted octanol–water partition coefficient (Wildman–Crippen LogP) is 2.84. The van der Waals surface area contributed by atoms with Gasteiger partial charge >= 0.3 is 0 Å². The van der Waals surface area contributed by atoms with E-state index in [4.69, 9.17) is 22.7 Å². The molecule has 1 atom stereocenters. The van der Waals surface area contributed by atoms with Crippen molar-refractivity contribution in [2.75, 3.05) is 12.4 Å². The number of carbonyl (C=O) groups excluding carboxylic acids is 1. The molecule has 0 radical (unpaired) electrons. The molecule has 0 aliphatic rings. The minimum atomic E-state index is -0.874. The quantitative estimate of drug-likeness (QED) is 0.806. The Bertz CT molecular complexity index is 501. The van der Waals surface area contributed by atoms with E-state index in [1.807, 2.05) is 13.0 Å². The molecule has 1 rings (SSSR count). The molecule has 0 spiro atoms. The van der Waals surface area contributed by atoms with E-state index in [1.54, 1.807) is 19.1 Å². The van der Waals surface area contributed by atoms with Crippen molar-refractivity contribution >= 4 is 44.7 Å². The number of anilines is 1. The SMILES string of the molecule is CCC(C)(OC)C(=O)Nc1ccc(Br)cc1C(N)=S. The van der Waals surface area contributed by atoms with Crippen molar-refractivity contribution in [3.63, 3.8) is 0 Å². The summed E-state index contributed by atoms with van der Waals surface area (Å²) in [4.78, 5) is 12.5. The highest BCUT2D eigenvalue weighted by molar-refractivity contribution is 9.10. The lowest BCUT2D eigenvalue weighted by atomic mass is 10.0. The molecule has 3 N–H and O–H groups in total. The van der Waals surface area contributed by atoms with Gasteiger partial charge < -0.3 is 15.8 Å². The largest absolute Gasteiger partial charge is 0.389 e. The van der Waals surface area contributed by atoms with Crippen LogP contribution in [0.2, 0.25) is 0 Å². The van der Waals surface area contributed by atoms with E-state index in [0.717, 1.165) is 4.47 Å². The van der Waals surface area contributed by atoms with Crippen molar-refractivity contribution in [1.82, 2.24) is 0 Å². The van der Waals surface area contributed by atoms with Gasteiger partial charge in [-0.05, 0) is 31.5 Å². The van der Waals surface area contributed by atoms with Crippen molar-refractivity contribution in [3.8, 4) is 0 Å². The second-order valence-electron chi connectivity index (χ2n) is 4.30. The maximum Gasteiger partial charge on any atom is 0.256 e. The van der Waals surface area contributed by atoms with Crippen LogP contribution in [0.25, 0.3) is 0 Å². The molecule has 6 heteroatoms. The summed E-state index contributed by atoms with van der Waals surface area (Å²) in [5, 5.41) is 2.81. The minimum Gasteiger partial charge on any atom is -0.389 e. The molecule has 1 amide bonds. The molecule has 1 unspecified atom stereocenters. The van der Waals surface area contributed by atoms with Crippen LogP contribution in [0.4, 0.5) is 5.69 Å². The topological polar surface area (TPSA) is 64.3 Å². The molecule has 0 bridgehead atoms. The van der Waals surface area contributed by atoms with E-state index in [9.17, 15) is 4.79 Å². The van der Waals surface area contributed by atoms with E-state index in [2.05, 4.69) is 21.2 Å². The van der Waals surface area contributed by atoms with Gasteiger partial charge in [0.05, 0.1) is 5.69 Å². The number of hydrogen-bond donors (Lipinski definition) is 2. The fourth-order valence-electron chi connectivity index (χ4n) is 1.48. The molecule has 0 aromatic heterocycles. The smallest absolute Gasteiger partial charge is 0.256 e. The van der Waals surface area contributed by atoms with Gasteiger partial charge in [-0.25, -0.2) is 0 Å². The van der Waals surface area contributed by atoms with Gasteiger partial charge in [0.25, 0.3) is 5.91 Å². The van der Waals surface area contributed by atoms with E-state index in [1.165, 1.54) is 7.11 Å². The van der Waals surface area contributed by atoms with Crippen molar-refractivity contribution in [2.45, 2.75) is 25.9 Å². The first kappa shape index (κ1) is 16.1. The number of methoxy groups -OCH3 is 1. The Kier molecular flexibility index (Phi) is 5.46. The van der Waals surface area contributed by atoms with Crippen molar-refractivity contribution in [3.05, 3.63) is 28.2 Å². The Morgan fingerprint density at radius 3 is 2.68 bits per heavy atom. The Morgan fingerprint density at radius 1 is 1.58 bits per heavy atom. The molecule has 0 heterocycles. The zero-order chi connectivity index (χ0) is 14.6. The number of thiocarbonyl (C=S) groups is 1. The average molecular weight is 345 g/mol. The Labute approximate surface area is 126 Å². The van der Waals surface area contributed by atoms with Crippen LogP contribution in [0.15, 0.2) is 22.7 Å². The number of carbonyl (C=O) groups is 1. The molecule has 1 aromatic carbocycles. The van der Waals surface area contributed by atoms with Crippen LogP contribution < -0.4 is 11.1 Å². The first-order valence-electron chi connectivity index (χ1n) is 5.80. The van der Waals surface area contributed by atoms with Crippen molar-refractivity contribution < 1.29 is 9.53 Å². The van der Waals surface area contributed by atoms with Crippen LogP contribution in [-0.4, -0.2) is 23.6 Å². The Hall–Kier alpha value is -0.980. The van der Waals surface area contributed by atoms with Crippen LogP contribution in [0.3, 0.4) is 0 Å². The second kappa shape index (κ2) is 6.45. The van der Waals surface area contributed by atoms with Gasteiger partial charge in [0.1, 0.15) is 10.6 Å². The third kappa shape index (κ3) is 3.75. The Morgan fingerprint density at radius 2 is 2.21 bits per heavy atom. The number of nitrogens with one attached hydrogen (secondary N) is 1. The monoisotopic (exact) mass is 344 g/mol. The number of hydrogen-bond acceptors (Lipinski definition) is 3. The highest BCUT2D eigenvalue weighted by Gasteiger charge is 2.31. The second-order valence-corrected chi connectivity index (χ2v) is 5.65. The zero-order valence-corrected chi connectivity index (χ0v) is 13.5. The van der Waals surface area contributed by atoms with Crippen molar-refractivity contribution in [2.24, 2.45) is 5.73 Å². The highest BCUT2D eigenvalue weighted by atomic mass is 79.9. The summed E-state index contributed by atoms with van der Waals surface area (Å²) in [6.45, 7) is 3.63. The maximum absolute atomic E-state index is 12.2. The fourth-order valence-corrected chi connectivity index (χ4v) is 2.01. The summed E-state index contributed by atoms with van der Waals surface area (Å²) < 4.78 is 6.11. The van der Waals surface area contributed by atoms with Gasteiger partial charge in [-0.1, -0.05) is 35.1 Å². The summed E-state index contributed by atoms with van der Waals surface area (Å²) in [5.41, 5.74) is 5.99. The Balaban J connectivity index is 3.06. The number of ether oxygens (including phenoxy) is 1. The third-order valence-electron chi connectivity index (χ3n) is 3.10. The van der Waals surface area contributed by atoms with E-state index < -0.39 is 5.60 Å². The van der Waals surface area contributed by atoms with Gasteiger partial charge in [-0.3, -0.25) is 4.79 Å². The fraction of sp³-hybridized carbons (Fsp3) is 0.385. The van der Waals surface area contributed by atoms with Crippen LogP contribution >= 0.6 is 28.1 Å². The van der Waals surface area contributed by atoms with Crippen LogP contribution in [-0.2, 0) is 9.53 Å². The lowest BCUT2D eigenvalue weighted by Crippen LogP contribution is -2.41. The molecular weight excluding hydrogens is 328 g/mol. The molecule has 0 fully saturated rings. The van der Waals surface area contributed by atoms with Gasteiger partial charge in [0.15, 0.2) is 0 Å². The van der Waals surface area contributed by atoms with Crippen LogP contribution in [0, 0.1) is 0 Å². The summed E-state index contributed by atoms with van der Waals surface area (Å²) in [6, 6.07) is 5.34. The van der Waals surface area contributed by atoms with E-state index in [-0.39, 0.29) is 10.9 Å². The zero-order valence-electron chi connectivity index (χ0n) is 11.1. The molecule has 19 heavy (non-hydrogen) atoms. The lowest BCUT2D eigenvalue weighted by molar-refractivity contribution is -0.136. The number of halogens is 1. The molecule has 104 valence electrons. The van der Waals surface area contributed by atoms with E-state index >= 15 is 0 Å². The average Bonchev–Trinajstić information content (AvgIpc) is 2.39. The number of nitrogens with two attached hydrogens (primary N) is 1. The molecule has 0 aliphatic heterocycles. The first-order chi connectivity index (χ1) is 8.84. The molecule has 0 saturated carbocycles. The molecular formula is C13H17BrN2O2S. The number of rotatable bonds is 5. The summed E-state index contributed by atoms with van der Waals surface area (Å²) in [6.07, 6.45) is 0.564. The summed E-state index contributed by atoms with van der Waals surface area (Å²) >= 11 is 8.33. The highest BCUT2D eigenvalue weighted by Crippen LogP contribution is 2.23. The molecule has 0 saturated heterocycles.